The Kier molecular flexibility index (Phi) is 5.19. The SMILES string of the molecule is O=C1C(=O)N(c2nc3ccc(F)cc3s2)[C@@H](c2ccc(Cl)cc2)C1=C(O)c1ccc(F)cc1. The maximum absolute atomic E-state index is 13.7. The standard InChI is InChI=1S/C24H13ClF2N2O3S/c25-14-5-1-12(2-6-14)20-19(21(30)13-3-7-15(26)8-4-13)22(31)23(32)29(20)24-28-17-10-9-16(27)11-18(17)33-24/h1-11,20,30H/t20-/m0/s1. The fourth-order valence-corrected chi connectivity index (χ4v) is 4.89. The number of aliphatic hydroxyl groups excluding tert-OH is 1. The molecule has 1 amide bonds. The van der Waals surface area contributed by atoms with E-state index in [1.807, 2.05) is 0 Å². The van der Waals surface area contributed by atoms with Crippen LogP contribution in [0.2, 0.25) is 5.02 Å². The van der Waals surface area contributed by atoms with Crippen molar-refractivity contribution in [3.63, 3.8) is 0 Å². The molecular weight excluding hydrogens is 470 g/mol. The third kappa shape index (κ3) is 3.67. The lowest BCUT2D eigenvalue weighted by atomic mass is 9.95. The third-order valence-corrected chi connectivity index (χ3v) is 6.56. The second-order valence-electron chi connectivity index (χ2n) is 7.34. The molecule has 1 aliphatic rings. The number of halogens is 3. The number of carbonyl (C=O) groups excluding carboxylic acids is 2. The fraction of sp³-hybridized carbons (Fsp3) is 0.0417. The zero-order chi connectivity index (χ0) is 23.3. The van der Waals surface area contributed by atoms with Gasteiger partial charge < -0.3 is 5.11 Å². The van der Waals surface area contributed by atoms with Gasteiger partial charge in [-0.05, 0) is 60.2 Å². The van der Waals surface area contributed by atoms with Gasteiger partial charge in [-0.3, -0.25) is 14.5 Å². The molecule has 1 fully saturated rings. The summed E-state index contributed by atoms with van der Waals surface area (Å²) in [7, 11) is 0. The van der Waals surface area contributed by atoms with E-state index in [1.165, 1.54) is 35.2 Å². The van der Waals surface area contributed by atoms with Gasteiger partial charge in [-0.15, -0.1) is 0 Å². The van der Waals surface area contributed by atoms with E-state index in [-0.39, 0.29) is 16.3 Å². The number of benzene rings is 3. The van der Waals surface area contributed by atoms with Crippen LogP contribution in [0.1, 0.15) is 17.2 Å². The van der Waals surface area contributed by atoms with Crippen LogP contribution >= 0.6 is 22.9 Å². The Morgan fingerprint density at radius 2 is 1.64 bits per heavy atom. The van der Waals surface area contributed by atoms with Crippen LogP contribution in [-0.4, -0.2) is 21.8 Å². The van der Waals surface area contributed by atoms with Gasteiger partial charge in [0.2, 0.25) is 0 Å². The summed E-state index contributed by atoms with van der Waals surface area (Å²) < 4.78 is 27.6. The van der Waals surface area contributed by atoms with Crippen molar-refractivity contribution in [3.8, 4) is 0 Å². The highest BCUT2D eigenvalue weighted by molar-refractivity contribution is 7.22. The number of hydrogen-bond acceptors (Lipinski definition) is 5. The quantitative estimate of drug-likeness (QED) is 0.226. The van der Waals surface area contributed by atoms with Crippen molar-refractivity contribution in [3.05, 3.63) is 100 Å². The average molecular weight is 483 g/mol. The maximum Gasteiger partial charge on any atom is 0.301 e. The lowest BCUT2D eigenvalue weighted by Gasteiger charge is -2.23. The number of nitrogens with zero attached hydrogens (tertiary/aromatic N) is 2. The van der Waals surface area contributed by atoms with Gasteiger partial charge in [0.05, 0.1) is 21.8 Å². The van der Waals surface area contributed by atoms with Crippen LogP contribution in [-0.2, 0) is 9.59 Å². The molecule has 9 heteroatoms. The maximum atomic E-state index is 13.7. The molecule has 0 aliphatic carbocycles. The first-order chi connectivity index (χ1) is 15.8. The number of ketones is 1. The highest BCUT2D eigenvalue weighted by atomic mass is 35.5. The Morgan fingerprint density at radius 3 is 2.33 bits per heavy atom. The number of anilines is 1. The number of Topliss-reactive ketones (excluding diaryl/α,β-unsaturated/α-hetero) is 1. The van der Waals surface area contributed by atoms with Gasteiger partial charge in [-0.25, -0.2) is 13.8 Å². The van der Waals surface area contributed by atoms with Crippen LogP contribution in [0.25, 0.3) is 16.0 Å². The number of rotatable bonds is 3. The van der Waals surface area contributed by atoms with Gasteiger partial charge in [-0.2, -0.15) is 0 Å². The molecule has 3 aromatic carbocycles. The van der Waals surface area contributed by atoms with Crippen molar-refractivity contribution in [2.75, 3.05) is 4.90 Å². The van der Waals surface area contributed by atoms with E-state index in [0.29, 0.717) is 20.8 Å². The lowest BCUT2D eigenvalue weighted by molar-refractivity contribution is -0.132. The largest absolute Gasteiger partial charge is 0.507 e. The minimum atomic E-state index is -1.02. The van der Waals surface area contributed by atoms with E-state index in [4.69, 9.17) is 11.6 Å². The average Bonchev–Trinajstić information content (AvgIpc) is 3.32. The molecule has 0 spiro atoms. The molecule has 1 N–H and O–H groups in total. The Balaban J connectivity index is 1.73. The van der Waals surface area contributed by atoms with Crippen LogP contribution in [0.5, 0.6) is 0 Å². The normalized spacial score (nSPS) is 17.8. The number of fused-ring (bicyclic) bond motifs is 1. The Morgan fingerprint density at radius 1 is 0.970 bits per heavy atom. The number of amides is 1. The zero-order valence-corrected chi connectivity index (χ0v) is 18.2. The van der Waals surface area contributed by atoms with Crippen LogP contribution in [0.4, 0.5) is 13.9 Å². The van der Waals surface area contributed by atoms with Gasteiger partial charge in [0.25, 0.3) is 5.78 Å². The van der Waals surface area contributed by atoms with Gasteiger partial charge in [0.1, 0.15) is 17.4 Å². The minimum Gasteiger partial charge on any atom is -0.507 e. The van der Waals surface area contributed by atoms with Crippen molar-refractivity contribution >= 4 is 55.7 Å². The lowest BCUT2D eigenvalue weighted by Crippen LogP contribution is -2.29. The first-order valence-electron chi connectivity index (χ1n) is 9.72. The zero-order valence-electron chi connectivity index (χ0n) is 16.6. The Hall–Kier alpha value is -3.62. The van der Waals surface area contributed by atoms with E-state index < -0.39 is 35.1 Å². The van der Waals surface area contributed by atoms with Crippen LogP contribution in [0, 0.1) is 11.6 Å². The van der Waals surface area contributed by atoms with Crippen molar-refractivity contribution in [2.45, 2.75) is 6.04 Å². The summed E-state index contributed by atoms with van der Waals surface area (Å²) in [5, 5.41) is 11.6. The predicted molar refractivity (Wildman–Crippen MR) is 122 cm³/mol. The molecule has 0 unspecified atom stereocenters. The van der Waals surface area contributed by atoms with E-state index >= 15 is 0 Å². The molecule has 5 nitrogen and oxygen atoms in total. The molecule has 4 aromatic rings. The molecular formula is C24H13ClF2N2O3S. The summed E-state index contributed by atoms with van der Waals surface area (Å²) in [5.41, 5.74) is 0.985. The number of hydrogen-bond donors (Lipinski definition) is 1. The molecule has 1 aromatic heterocycles. The number of aromatic nitrogens is 1. The second-order valence-corrected chi connectivity index (χ2v) is 8.78. The minimum absolute atomic E-state index is 0.167. The molecule has 1 saturated heterocycles. The molecule has 1 aliphatic heterocycles. The van der Waals surface area contributed by atoms with Gasteiger partial charge >= 0.3 is 5.91 Å². The first kappa shape index (κ1) is 21.2. The number of carbonyl (C=O) groups is 2. The van der Waals surface area contributed by atoms with Gasteiger partial charge in [-0.1, -0.05) is 35.1 Å². The summed E-state index contributed by atoms with van der Waals surface area (Å²) in [6, 6.07) is 14.4. The summed E-state index contributed by atoms with van der Waals surface area (Å²) >= 11 is 7.07. The molecule has 0 radical (unpaired) electrons. The van der Waals surface area contributed by atoms with Crippen molar-refractivity contribution in [1.29, 1.82) is 0 Å². The topological polar surface area (TPSA) is 70.5 Å². The first-order valence-corrected chi connectivity index (χ1v) is 10.9. The van der Waals surface area contributed by atoms with E-state index in [2.05, 4.69) is 4.98 Å². The molecule has 33 heavy (non-hydrogen) atoms. The molecule has 0 saturated carbocycles. The highest BCUT2D eigenvalue weighted by Gasteiger charge is 2.48. The van der Waals surface area contributed by atoms with Crippen LogP contribution in [0.15, 0.2) is 72.3 Å². The predicted octanol–water partition coefficient (Wildman–Crippen LogP) is 5.85. The Bertz CT molecular complexity index is 1450. The molecule has 2 heterocycles. The molecule has 5 rings (SSSR count). The number of thiazole rings is 1. The highest BCUT2D eigenvalue weighted by Crippen LogP contribution is 2.44. The van der Waals surface area contributed by atoms with Crippen LogP contribution < -0.4 is 4.90 Å². The third-order valence-electron chi connectivity index (χ3n) is 5.29. The summed E-state index contributed by atoms with van der Waals surface area (Å²) in [5.74, 6) is -3.21. The van der Waals surface area contributed by atoms with E-state index in [0.717, 1.165) is 23.5 Å². The number of aliphatic hydroxyl groups is 1. The second kappa shape index (κ2) is 8.06. The monoisotopic (exact) mass is 482 g/mol. The molecule has 164 valence electrons. The van der Waals surface area contributed by atoms with Crippen LogP contribution in [0.3, 0.4) is 0 Å². The van der Waals surface area contributed by atoms with E-state index in [1.54, 1.807) is 24.3 Å². The Labute approximate surface area is 195 Å². The molecule has 1 atom stereocenters. The summed E-state index contributed by atoms with van der Waals surface area (Å²) in [6.45, 7) is 0. The smallest absolute Gasteiger partial charge is 0.301 e. The van der Waals surface area contributed by atoms with Gasteiger partial charge in [0.15, 0.2) is 5.13 Å². The molecule has 0 bridgehead atoms. The van der Waals surface area contributed by atoms with Crippen molar-refractivity contribution in [1.82, 2.24) is 4.98 Å². The fourth-order valence-electron chi connectivity index (χ4n) is 3.74. The summed E-state index contributed by atoms with van der Waals surface area (Å²) in [6.07, 6.45) is 0. The van der Waals surface area contributed by atoms with Crippen molar-refractivity contribution < 1.29 is 23.5 Å². The summed E-state index contributed by atoms with van der Waals surface area (Å²) in [4.78, 5) is 31.8. The van der Waals surface area contributed by atoms with Gasteiger partial charge in [0, 0.05) is 10.6 Å². The van der Waals surface area contributed by atoms with E-state index in [9.17, 15) is 23.5 Å². The van der Waals surface area contributed by atoms with Crippen molar-refractivity contribution in [2.24, 2.45) is 0 Å².